The van der Waals surface area contributed by atoms with E-state index in [4.69, 9.17) is 0 Å². The van der Waals surface area contributed by atoms with E-state index < -0.39 is 0 Å². The normalized spacial score (nSPS) is 11.2. The van der Waals surface area contributed by atoms with Crippen LogP contribution in [0.15, 0.2) is 4.99 Å². The van der Waals surface area contributed by atoms with Crippen molar-refractivity contribution in [1.82, 2.24) is 25.4 Å². The van der Waals surface area contributed by atoms with Gasteiger partial charge in [0.1, 0.15) is 5.82 Å². The predicted molar refractivity (Wildman–Crippen MR) is 107 cm³/mol. The second kappa shape index (κ2) is 13.6. The fourth-order valence-electron chi connectivity index (χ4n) is 2.28. The van der Waals surface area contributed by atoms with E-state index in [1.807, 2.05) is 18.5 Å². The molecule has 0 unspecified atom stereocenters. The molecule has 1 aromatic heterocycles. The van der Waals surface area contributed by atoms with Crippen molar-refractivity contribution in [3.63, 3.8) is 0 Å². The lowest BCUT2D eigenvalue weighted by molar-refractivity contribution is 0.583. The SMILES string of the molecule is CCCCCCCCCNC(=NC)NCc1nnc(C)n1C.I. The Morgan fingerprint density at radius 2 is 1.70 bits per heavy atom. The van der Waals surface area contributed by atoms with Crippen LogP contribution in [0.4, 0.5) is 0 Å². The molecular formula is C16H33IN6. The highest BCUT2D eigenvalue weighted by Gasteiger charge is 2.05. The monoisotopic (exact) mass is 436 g/mol. The summed E-state index contributed by atoms with van der Waals surface area (Å²) in [4.78, 5) is 4.23. The highest BCUT2D eigenvalue weighted by Crippen LogP contribution is 2.06. The molecule has 7 heteroatoms. The molecular weight excluding hydrogens is 403 g/mol. The van der Waals surface area contributed by atoms with Crippen LogP contribution >= 0.6 is 24.0 Å². The third-order valence-corrected chi connectivity index (χ3v) is 3.89. The van der Waals surface area contributed by atoms with Gasteiger partial charge in [-0.05, 0) is 13.3 Å². The number of aromatic nitrogens is 3. The summed E-state index contributed by atoms with van der Waals surface area (Å²) in [5, 5.41) is 14.8. The van der Waals surface area contributed by atoms with Crippen molar-refractivity contribution in [2.75, 3.05) is 13.6 Å². The van der Waals surface area contributed by atoms with Gasteiger partial charge in [0.25, 0.3) is 0 Å². The Hall–Kier alpha value is -0.860. The molecule has 1 rings (SSSR count). The number of hydrogen-bond acceptors (Lipinski definition) is 3. The number of nitrogens with one attached hydrogen (secondary N) is 2. The van der Waals surface area contributed by atoms with Crippen LogP contribution in [0.25, 0.3) is 0 Å². The van der Waals surface area contributed by atoms with E-state index in [0.717, 1.165) is 24.2 Å². The standard InChI is InChI=1S/C16H32N6.HI/c1-5-6-7-8-9-10-11-12-18-16(17-3)19-13-15-21-20-14(2)22(15)4;/h5-13H2,1-4H3,(H2,17,18,19);1H. The molecule has 0 aliphatic carbocycles. The Labute approximate surface area is 158 Å². The zero-order valence-electron chi connectivity index (χ0n) is 15.1. The molecule has 0 radical (unpaired) electrons. The smallest absolute Gasteiger partial charge is 0.191 e. The van der Waals surface area contributed by atoms with Crippen molar-refractivity contribution in [3.05, 3.63) is 11.6 Å². The molecule has 0 bridgehead atoms. The summed E-state index contributed by atoms with van der Waals surface area (Å²) >= 11 is 0. The molecule has 0 aliphatic heterocycles. The molecule has 0 spiro atoms. The van der Waals surface area contributed by atoms with E-state index in [0.29, 0.717) is 6.54 Å². The first-order chi connectivity index (χ1) is 10.7. The molecule has 6 nitrogen and oxygen atoms in total. The summed E-state index contributed by atoms with van der Waals surface area (Å²) in [6.07, 6.45) is 9.25. The molecule has 0 fully saturated rings. The van der Waals surface area contributed by atoms with Crippen molar-refractivity contribution in [3.8, 4) is 0 Å². The van der Waals surface area contributed by atoms with Gasteiger partial charge in [-0.1, -0.05) is 45.4 Å². The van der Waals surface area contributed by atoms with Gasteiger partial charge < -0.3 is 15.2 Å². The van der Waals surface area contributed by atoms with E-state index in [1.54, 1.807) is 7.05 Å². The second-order valence-corrected chi connectivity index (χ2v) is 5.70. The molecule has 2 N–H and O–H groups in total. The highest BCUT2D eigenvalue weighted by atomic mass is 127. The van der Waals surface area contributed by atoms with E-state index in [-0.39, 0.29) is 24.0 Å². The maximum absolute atomic E-state index is 4.23. The fourth-order valence-corrected chi connectivity index (χ4v) is 2.28. The average Bonchev–Trinajstić information content (AvgIpc) is 2.84. The van der Waals surface area contributed by atoms with Gasteiger partial charge in [-0.2, -0.15) is 0 Å². The number of rotatable bonds is 10. The number of aliphatic imine (C=N–C) groups is 1. The minimum absolute atomic E-state index is 0. The first-order valence-electron chi connectivity index (χ1n) is 8.48. The summed E-state index contributed by atoms with van der Waals surface area (Å²) in [5.41, 5.74) is 0. The largest absolute Gasteiger partial charge is 0.356 e. The molecule has 0 aliphatic rings. The van der Waals surface area contributed by atoms with E-state index in [1.165, 1.54) is 44.9 Å². The van der Waals surface area contributed by atoms with Gasteiger partial charge in [-0.3, -0.25) is 4.99 Å². The number of halogens is 1. The van der Waals surface area contributed by atoms with Gasteiger partial charge >= 0.3 is 0 Å². The Balaban J connectivity index is 0.00000484. The van der Waals surface area contributed by atoms with Crippen molar-refractivity contribution in [1.29, 1.82) is 0 Å². The molecule has 0 atom stereocenters. The lowest BCUT2D eigenvalue weighted by atomic mass is 10.1. The van der Waals surface area contributed by atoms with Crippen LogP contribution in [0.3, 0.4) is 0 Å². The summed E-state index contributed by atoms with van der Waals surface area (Å²) < 4.78 is 1.98. The van der Waals surface area contributed by atoms with Crippen LogP contribution in [-0.2, 0) is 13.6 Å². The minimum Gasteiger partial charge on any atom is -0.356 e. The number of hydrogen-bond donors (Lipinski definition) is 2. The maximum atomic E-state index is 4.23. The van der Waals surface area contributed by atoms with E-state index >= 15 is 0 Å². The minimum atomic E-state index is 0. The zero-order valence-corrected chi connectivity index (χ0v) is 17.4. The molecule has 1 aromatic rings. The van der Waals surface area contributed by atoms with Crippen LogP contribution in [0, 0.1) is 6.92 Å². The van der Waals surface area contributed by atoms with Gasteiger partial charge in [0.2, 0.25) is 0 Å². The van der Waals surface area contributed by atoms with Crippen LogP contribution in [-0.4, -0.2) is 34.3 Å². The highest BCUT2D eigenvalue weighted by molar-refractivity contribution is 14.0. The van der Waals surface area contributed by atoms with Crippen molar-refractivity contribution >= 4 is 29.9 Å². The topological polar surface area (TPSA) is 67.1 Å². The lowest BCUT2D eigenvalue weighted by Gasteiger charge is -2.11. The van der Waals surface area contributed by atoms with Crippen LogP contribution in [0.1, 0.15) is 63.5 Å². The first-order valence-corrected chi connectivity index (χ1v) is 8.48. The maximum Gasteiger partial charge on any atom is 0.191 e. The third kappa shape index (κ3) is 9.12. The van der Waals surface area contributed by atoms with Crippen molar-refractivity contribution < 1.29 is 0 Å². The van der Waals surface area contributed by atoms with Gasteiger partial charge in [0.05, 0.1) is 6.54 Å². The summed E-state index contributed by atoms with van der Waals surface area (Å²) in [6, 6.07) is 0. The Kier molecular flexibility index (Phi) is 13.1. The molecule has 0 aromatic carbocycles. The van der Waals surface area contributed by atoms with Gasteiger partial charge in [0, 0.05) is 20.6 Å². The molecule has 0 amide bonds. The zero-order chi connectivity index (χ0) is 16.2. The molecule has 1 heterocycles. The fraction of sp³-hybridized carbons (Fsp3) is 0.812. The number of aryl methyl sites for hydroxylation is 1. The number of nitrogens with zero attached hydrogens (tertiary/aromatic N) is 4. The second-order valence-electron chi connectivity index (χ2n) is 5.70. The van der Waals surface area contributed by atoms with E-state index in [2.05, 4.69) is 32.7 Å². The molecule has 0 saturated heterocycles. The molecule has 0 saturated carbocycles. The summed E-state index contributed by atoms with van der Waals surface area (Å²) in [6.45, 7) is 5.80. The van der Waals surface area contributed by atoms with Gasteiger partial charge in [-0.15, -0.1) is 34.2 Å². The van der Waals surface area contributed by atoms with Gasteiger partial charge in [0.15, 0.2) is 11.8 Å². The van der Waals surface area contributed by atoms with Crippen LogP contribution < -0.4 is 10.6 Å². The first kappa shape index (κ1) is 22.1. The summed E-state index contributed by atoms with van der Waals surface area (Å²) in [5.74, 6) is 2.66. The van der Waals surface area contributed by atoms with Crippen LogP contribution in [0.2, 0.25) is 0 Å². The average molecular weight is 436 g/mol. The van der Waals surface area contributed by atoms with Gasteiger partial charge in [-0.25, -0.2) is 0 Å². The Bertz CT molecular complexity index is 444. The van der Waals surface area contributed by atoms with Crippen LogP contribution in [0.5, 0.6) is 0 Å². The Morgan fingerprint density at radius 3 is 2.26 bits per heavy atom. The number of unbranched alkanes of at least 4 members (excludes halogenated alkanes) is 6. The predicted octanol–water partition coefficient (Wildman–Crippen LogP) is 3.16. The molecule has 23 heavy (non-hydrogen) atoms. The van der Waals surface area contributed by atoms with Crippen molar-refractivity contribution in [2.45, 2.75) is 65.3 Å². The Morgan fingerprint density at radius 1 is 1.04 bits per heavy atom. The molecule has 134 valence electrons. The third-order valence-electron chi connectivity index (χ3n) is 3.89. The van der Waals surface area contributed by atoms with E-state index in [9.17, 15) is 0 Å². The quantitative estimate of drug-likeness (QED) is 0.256. The lowest BCUT2D eigenvalue weighted by Crippen LogP contribution is -2.37. The summed E-state index contributed by atoms with van der Waals surface area (Å²) in [7, 11) is 3.77. The van der Waals surface area contributed by atoms with Crippen molar-refractivity contribution in [2.24, 2.45) is 12.0 Å². The number of guanidine groups is 1.